The van der Waals surface area contributed by atoms with E-state index in [-0.39, 0.29) is 24.3 Å². The quantitative estimate of drug-likeness (QED) is 0.614. The van der Waals surface area contributed by atoms with Crippen molar-refractivity contribution < 1.29 is 27.5 Å². The fourth-order valence-electron chi connectivity index (χ4n) is 2.67. The largest absolute Gasteiger partial charge is 0.465 e. The smallest absolute Gasteiger partial charge is 0.339 e. The van der Waals surface area contributed by atoms with E-state index in [9.17, 15) is 18.0 Å². The number of esters is 1. The Labute approximate surface area is 159 Å². The zero-order chi connectivity index (χ0) is 19.9. The number of ether oxygens (including phenoxy) is 2. The minimum absolute atomic E-state index is 0.199. The van der Waals surface area contributed by atoms with Crippen LogP contribution in [0.1, 0.15) is 10.4 Å². The van der Waals surface area contributed by atoms with Crippen molar-refractivity contribution in [2.45, 2.75) is 0 Å². The summed E-state index contributed by atoms with van der Waals surface area (Å²) in [6.07, 6.45) is 1.07. The number of carbonyl (C=O) groups excluding carboxylic acids is 2. The molecule has 1 saturated heterocycles. The second-order valence-electron chi connectivity index (χ2n) is 6.14. The van der Waals surface area contributed by atoms with Crippen molar-refractivity contribution in [2.75, 3.05) is 64.6 Å². The van der Waals surface area contributed by atoms with Gasteiger partial charge in [-0.15, -0.1) is 0 Å². The Kier molecular flexibility index (Phi) is 7.72. The third kappa shape index (κ3) is 6.58. The molecule has 1 aliphatic heterocycles. The highest BCUT2D eigenvalue weighted by Crippen LogP contribution is 2.16. The van der Waals surface area contributed by atoms with E-state index < -0.39 is 21.9 Å². The van der Waals surface area contributed by atoms with E-state index in [1.807, 2.05) is 0 Å². The van der Waals surface area contributed by atoms with Crippen LogP contribution in [0.15, 0.2) is 24.3 Å². The van der Waals surface area contributed by atoms with E-state index in [4.69, 9.17) is 4.74 Å². The first kappa shape index (κ1) is 21.3. The molecule has 1 aromatic carbocycles. The third-order valence-corrected chi connectivity index (χ3v) is 5.41. The van der Waals surface area contributed by atoms with E-state index in [1.165, 1.54) is 13.2 Å². The highest BCUT2D eigenvalue weighted by Gasteiger charge is 2.22. The van der Waals surface area contributed by atoms with Gasteiger partial charge in [0.1, 0.15) is 0 Å². The maximum Gasteiger partial charge on any atom is 0.339 e. The van der Waals surface area contributed by atoms with Crippen molar-refractivity contribution in [1.29, 1.82) is 0 Å². The fourth-order valence-corrected chi connectivity index (χ4v) is 3.43. The molecule has 0 atom stereocenters. The molecule has 10 heteroatoms. The number of nitrogens with zero attached hydrogens (tertiary/aromatic N) is 2. The van der Waals surface area contributed by atoms with Crippen molar-refractivity contribution in [3.8, 4) is 0 Å². The number of rotatable bonds is 8. The van der Waals surface area contributed by atoms with E-state index >= 15 is 0 Å². The van der Waals surface area contributed by atoms with Gasteiger partial charge in [-0.3, -0.25) is 9.69 Å². The Morgan fingerprint density at radius 3 is 2.56 bits per heavy atom. The summed E-state index contributed by atoms with van der Waals surface area (Å²) in [5, 5.41) is 2.59. The van der Waals surface area contributed by atoms with Gasteiger partial charge in [0.15, 0.2) is 0 Å². The lowest BCUT2D eigenvalue weighted by Crippen LogP contribution is -2.45. The predicted octanol–water partition coefficient (Wildman–Crippen LogP) is 0.00550. The number of carbonyl (C=O) groups is 2. The van der Waals surface area contributed by atoms with Crippen LogP contribution in [0.5, 0.6) is 0 Å². The van der Waals surface area contributed by atoms with Gasteiger partial charge in [0, 0.05) is 26.2 Å². The minimum Gasteiger partial charge on any atom is -0.465 e. The van der Waals surface area contributed by atoms with Gasteiger partial charge in [-0.25, -0.2) is 13.2 Å². The maximum absolute atomic E-state index is 12.4. The first-order chi connectivity index (χ1) is 12.8. The van der Waals surface area contributed by atoms with Gasteiger partial charge in [-0.1, -0.05) is 12.1 Å². The zero-order valence-electron chi connectivity index (χ0n) is 15.5. The standard InChI is InChI=1S/C17H25N3O6S/c1-25-17(22)14-5-3-4-6-15(14)18-16(21)13-20(27(2,23)24)8-7-19-9-11-26-12-10-19/h3-6H,7-13H2,1-2H3,(H,18,21). The summed E-state index contributed by atoms with van der Waals surface area (Å²) in [5.41, 5.74) is 0.476. The number of benzene rings is 1. The van der Waals surface area contributed by atoms with Crippen molar-refractivity contribution in [3.05, 3.63) is 29.8 Å². The van der Waals surface area contributed by atoms with E-state index in [1.54, 1.807) is 18.2 Å². The van der Waals surface area contributed by atoms with E-state index in [0.29, 0.717) is 19.8 Å². The molecule has 1 heterocycles. The number of nitrogens with one attached hydrogen (secondary N) is 1. The summed E-state index contributed by atoms with van der Waals surface area (Å²) in [7, 11) is -2.31. The number of hydrogen-bond acceptors (Lipinski definition) is 7. The molecule has 0 radical (unpaired) electrons. The molecular formula is C17H25N3O6S. The summed E-state index contributed by atoms with van der Waals surface area (Å²) < 4.78 is 35.2. The lowest BCUT2D eigenvalue weighted by molar-refractivity contribution is -0.116. The molecule has 0 aliphatic carbocycles. The highest BCUT2D eigenvalue weighted by atomic mass is 32.2. The maximum atomic E-state index is 12.4. The van der Waals surface area contributed by atoms with Crippen LogP contribution in [0, 0.1) is 0 Å². The summed E-state index contributed by atoms with van der Waals surface area (Å²) in [5.74, 6) is -1.11. The van der Waals surface area contributed by atoms with Crippen molar-refractivity contribution >= 4 is 27.6 Å². The lowest BCUT2D eigenvalue weighted by atomic mass is 10.2. The van der Waals surface area contributed by atoms with Gasteiger partial charge in [-0.05, 0) is 12.1 Å². The summed E-state index contributed by atoms with van der Waals surface area (Å²) in [6, 6.07) is 6.39. The fraction of sp³-hybridized carbons (Fsp3) is 0.529. The average molecular weight is 399 g/mol. The molecule has 27 heavy (non-hydrogen) atoms. The van der Waals surface area contributed by atoms with Gasteiger partial charge >= 0.3 is 5.97 Å². The third-order valence-electron chi connectivity index (χ3n) is 4.16. The Hall–Kier alpha value is -2.01. The molecular weight excluding hydrogens is 374 g/mol. The topological polar surface area (TPSA) is 105 Å². The van der Waals surface area contributed by atoms with Crippen LogP contribution >= 0.6 is 0 Å². The number of hydrogen-bond donors (Lipinski definition) is 1. The molecule has 0 unspecified atom stereocenters. The van der Waals surface area contributed by atoms with Crippen LogP contribution in [-0.2, 0) is 24.3 Å². The Morgan fingerprint density at radius 2 is 1.93 bits per heavy atom. The number of morpholine rings is 1. The predicted molar refractivity (Wildman–Crippen MR) is 100 cm³/mol. The van der Waals surface area contributed by atoms with Crippen LogP contribution < -0.4 is 5.32 Å². The molecule has 9 nitrogen and oxygen atoms in total. The summed E-state index contributed by atoms with van der Waals surface area (Å²) in [4.78, 5) is 26.2. The first-order valence-corrected chi connectivity index (χ1v) is 10.4. The van der Waals surface area contributed by atoms with Gasteiger partial charge in [0.05, 0.1) is 44.4 Å². The molecule has 1 aromatic rings. The molecule has 150 valence electrons. The second kappa shape index (κ2) is 9.79. The van der Waals surface area contributed by atoms with Crippen molar-refractivity contribution in [1.82, 2.24) is 9.21 Å². The molecule has 0 bridgehead atoms. The highest BCUT2D eigenvalue weighted by molar-refractivity contribution is 7.88. The van der Waals surface area contributed by atoms with Crippen molar-refractivity contribution in [3.63, 3.8) is 0 Å². The molecule has 0 saturated carbocycles. The number of sulfonamides is 1. The Bertz CT molecular complexity index is 762. The van der Waals surface area contributed by atoms with Gasteiger partial charge < -0.3 is 14.8 Å². The number of anilines is 1. The van der Waals surface area contributed by atoms with E-state index in [0.717, 1.165) is 23.7 Å². The van der Waals surface area contributed by atoms with Crippen LogP contribution in [-0.4, -0.2) is 88.8 Å². The van der Waals surface area contributed by atoms with Crippen molar-refractivity contribution in [2.24, 2.45) is 0 Å². The molecule has 1 fully saturated rings. The minimum atomic E-state index is -3.56. The first-order valence-electron chi connectivity index (χ1n) is 8.53. The SMILES string of the molecule is COC(=O)c1ccccc1NC(=O)CN(CCN1CCOCC1)S(C)(=O)=O. The molecule has 1 amide bonds. The second-order valence-corrected chi connectivity index (χ2v) is 8.12. The van der Waals surface area contributed by atoms with Gasteiger partial charge in [0.25, 0.3) is 0 Å². The van der Waals surface area contributed by atoms with Crippen LogP contribution in [0.2, 0.25) is 0 Å². The number of methoxy groups -OCH3 is 1. The van der Waals surface area contributed by atoms with Gasteiger partial charge in [-0.2, -0.15) is 4.31 Å². The Morgan fingerprint density at radius 1 is 1.26 bits per heavy atom. The molecule has 2 rings (SSSR count). The monoisotopic (exact) mass is 399 g/mol. The van der Waals surface area contributed by atoms with Gasteiger partial charge in [0.2, 0.25) is 15.9 Å². The Balaban J connectivity index is 2.00. The zero-order valence-corrected chi connectivity index (χ0v) is 16.3. The molecule has 1 aliphatic rings. The molecule has 1 N–H and O–H groups in total. The number of para-hydroxylation sites is 1. The number of amides is 1. The average Bonchev–Trinajstić information content (AvgIpc) is 2.65. The lowest BCUT2D eigenvalue weighted by Gasteiger charge is -2.29. The van der Waals surface area contributed by atoms with E-state index in [2.05, 4.69) is 15.0 Å². The summed E-state index contributed by atoms with van der Waals surface area (Å²) >= 11 is 0. The normalized spacial score (nSPS) is 15.5. The molecule has 0 aromatic heterocycles. The molecule has 0 spiro atoms. The van der Waals surface area contributed by atoms with Crippen LogP contribution in [0.4, 0.5) is 5.69 Å². The summed E-state index contributed by atoms with van der Waals surface area (Å²) in [6.45, 7) is 3.08. The van der Waals surface area contributed by atoms with Crippen LogP contribution in [0.25, 0.3) is 0 Å². The van der Waals surface area contributed by atoms with Crippen LogP contribution in [0.3, 0.4) is 0 Å².